The predicted molar refractivity (Wildman–Crippen MR) is 99.3 cm³/mol. The minimum atomic E-state index is -0.389. The van der Waals surface area contributed by atoms with Crippen LogP contribution < -0.4 is 5.32 Å². The zero-order valence-corrected chi connectivity index (χ0v) is 15.5. The fourth-order valence-corrected chi connectivity index (χ4v) is 3.39. The first-order chi connectivity index (χ1) is 12.5. The van der Waals surface area contributed by atoms with Gasteiger partial charge in [-0.2, -0.15) is 0 Å². The molecule has 1 heterocycles. The molecular formula is C19H20N2O4S. The van der Waals surface area contributed by atoms with Gasteiger partial charge in [-0.05, 0) is 42.7 Å². The summed E-state index contributed by atoms with van der Waals surface area (Å²) < 4.78 is 4.67. The van der Waals surface area contributed by atoms with E-state index in [9.17, 15) is 14.4 Å². The number of nitrogens with one attached hydrogen (secondary N) is 1. The zero-order chi connectivity index (χ0) is 18.7. The summed E-state index contributed by atoms with van der Waals surface area (Å²) in [5.41, 5.74) is 1.38. The molecule has 0 bridgehead atoms. The molecule has 0 atom stereocenters. The molecule has 1 aliphatic rings. The molecule has 2 aromatic rings. The Morgan fingerprint density at radius 3 is 2.46 bits per heavy atom. The van der Waals surface area contributed by atoms with Crippen molar-refractivity contribution < 1.29 is 19.1 Å². The number of carbonyl (C=O) groups excluding carboxylic acids is 3. The lowest BCUT2D eigenvalue weighted by Crippen LogP contribution is -2.25. The molecular weight excluding hydrogens is 352 g/mol. The van der Waals surface area contributed by atoms with Crippen LogP contribution in [0.5, 0.6) is 0 Å². The van der Waals surface area contributed by atoms with Crippen LogP contribution in [0.1, 0.15) is 38.4 Å². The number of amides is 2. The first-order valence-corrected chi connectivity index (χ1v) is 9.13. The van der Waals surface area contributed by atoms with E-state index >= 15 is 0 Å². The molecule has 7 heteroatoms. The number of methoxy groups -OCH3 is 1. The lowest BCUT2D eigenvalue weighted by molar-refractivity contribution is -0.117. The predicted octanol–water partition coefficient (Wildman–Crippen LogP) is 3.16. The summed E-state index contributed by atoms with van der Waals surface area (Å²) in [5, 5.41) is 3.55. The van der Waals surface area contributed by atoms with Crippen molar-refractivity contribution in [2.45, 2.75) is 19.4 Å². The maximum absolute atomic E-state index is 12.6. The number of thiophene rings is 1. The Morgan fingerprint density at radius 1 is 1.15 bits per heavy atom. The lowest BCUT2D eigenvalue weighted by atomic mass is 10.1. The number of hydrogen-bond donors (Lipinski definition) is 1. The van der Waals surface area contributed by atoms with Crippen LogP contribution in [0.4, 0.5) is 5.00 Å². The maximum atomic E-state index is 12.6. The van der Waals surface area contributed by atoms with Gasteiger partial charge in [0.2, 0.25) is 5.91 Å². The van der Waals surface area contributed by atoms with E-state index in [2.05, 4.69) is 10.1 Å². The number of anilines is 1. The number of ether oxygens (including phenoxy) is 1. The number of hydrogen-bond acceptors (Lipinski definition) is 5. The maximum Gasteiger partial charge on any atom is 0.337 e. The van der Waals surface area contributed by atoms with E-state index in [0.717, 1.165) is 18.4 Å². The molecule has 1 saturated carbocycles. The summed E-state index contributed by atoms with van der Waals surface area (Å²) in [7, 11) is 3.06. The molecule has 2 amide bonds. The number of nitrogens with zero attached hydrogens (tertiary/aromatic N) is 1. The van der Waals surface area contributed by atoms with Crippen molar-refractivity contribution in [1.82, 2.24) is 4.90 Å². The SMILES string of the molecule is COC(=O)c1ccc(CN(C)C(=O)c2ccc(NC(=O)C3CC3)s2)cc1. The third-order valence-corrected chi connectivity index (χ3v) is 5.14. The summed E-state index contributed by atoms with van der Waals surface area (Å²) in [6, 6.07) is 10.4. The van der Waals surface area contributed by atoms with E-state index in [-0.39, 0.29) is 23.7 Å². The summed E-state index contributed by atoms with van der Waals surface area (Å²) in [5.74, 6) is -0.337. The van der Waals surface area contributed by atoms with Crippen LogP contribution in [0.3, 0.4) is 0 Å². The minimum Gasteiger partial charge on any atom is -0.465 e. The molecule has 136 valence electrons. The molecule has 26 heavy (non-hydrogen) atoms. The van der Waals surface area contributed by atoms with Crippen molar-refractivity contribution in [3.63, 3.8) is 0 Å². The standard InChI is InChI=1S/C19H20N2O4S/c1-21(11-12-3-5-14(6-4-12)19(24)25-2)18(23)15-9-10-16(26-15)20-17(22)13-7-8-13/h3-6,9-10,13H,7-8,11H2,1-2H3,(H,20,22). The summed E-state index contributed by atoms with van der Waals surface area (Å²) in [6.07, 6.45) is 1.89. The van der Waals surface area contributed by atoms with Gasteiger partial charge < -0.3 is 15.0 Å². The number of rotatable bonds is 6. The van der Waals surface area contributed by atoms with E-state index in [4.69, 9.17) is 0 Å². The fraction of sp³-hybridized carbons (Fsp3) is 0.316. The molecule has 3 rings (SSSR count). The van der Waals surface area contributed by atoms with Crippen LogP contribution in [-0.4, -0.2) is 36.8 Å². The first-order valence-electron chi connectivity index (χ1n) is 8.31. The molecule has 1 N–H and O–H groups in total. The third-order valence-electron chi connectivity index (χ3n) is 4.15. The first kappa shape index (κ1) is 18.1. The highest BCUT2D eigenvalue weighted by Gasteiger charge is 2.30. The van der Waals surface area contributed by atoms with Crippen LogP contribution in [0.25, 0.3) is 0 Å². The van der Waals surface area contributed by atoms with Gasteiger partial charge in [0.1, 0.15) is 0 Å². The van der Waals surface area contributed by atoms with Crippen molar-refractivity contribution in [2.75, 3.05) is 19.5 Å². The number of carbonyl (C=O) groups is 3. The molecule has 6 nitrogen and oxygen atoms in total. The van der Waals surface area contributed by atoms with Gasteiger partial charge in [-0.25, -0.2) is 4.79 Å². The molecule has 0 spiro atoms. The Hall–Kier alpha value is -2.67. The van der Waals surface area contributed by atoms with E-state index in [1.54, 1.807) is 48.3 Å². The molecule has 0 unspecified atom stereocenters. The van der Waals surface area contributed by atoms with E-state index < -0.39 is 0 Å². The summed E-state index contributed by atoms with van der Waals surface area (Å²) in [4.78, 5) is 38.0. The Balaban J connectivity index is 1.59. The molecule has 1 aliphatic carbocycles. The second-order valence-corrected chi connectivity index (χ2v) is 7.36. The Kier molecular flexibility index (Phi) is 5.37. The van der Waals surface area contributed by atoms with Crippen molar-refractivity contribution in [3.05, 3.63) is 52.4 Å². The van der Waals surface area contributed by atoms with Crippen molar-refractivity contribution in [1.29, 1.82) is 0 Å². The van der Waals surface area contributed by atoms with Gasteiger partial charge >= 0.3 is 5.97 Å². The average Bonchev–Trinajstić information content (AvgIpc) is 3.41. The normalized spacial score (nSPS) is 13.2. The van der Waals surface area contributed by atoms with Gasteiger partial charge in [-0.3, -0.25) is 9.59 Å². The fourth-order valence-electron chi connectivity index (χ4n) is 2.49. The van der Waals surface area contributed by atoms with E-state index in [1.807, 2.05) is 0 Å². The number of benzene rings is 1. The van der Waals surface area contributed by atoms with Gasteiger partial charge in [0, 0.05) is 19.5 Å². The van der Waals surface area contributed by atoms with Gasteiger partial charge in [0.15, 0.2) is 0 Å². The largest absolute Gasteiger partial charge is 0.465 e. The summed E-state index contributed by atoms with van der Waals surface area (Å²) in [6.45, 7) is 0.419. The third kappa shape index (κ3) is 4.29. The highest BCUT2D eigenvalue weighted by Crippen LogP contribution is 2.31. The summed E-state index contributed by atoms with van der Waals surface area (Å²) >= 11 is 1.28. The second kappa shape index (κ2) is 7.70. The van der Waals surface area contributed by atoms with Crippen molar-refractivity contribution >= 4 is 34.1 Å². The van der Waals surface area contributed by atoms with Crippen LogP contribution in [0.2, 0.25) is 0 Å². The molecule has 0 aliphatic heterocycles. The van der Waals surface area contributed by atoms with Crippen molar-refractivity contribution in [2.24, 2.45) is 5.92 Å². The Bertz CT molecular complexity index is 824. The van der Waals surface area contributed by atoms with Gasteiger partial charge in [0.05, 0.1) is 22.6 Å². The average molecular weight is 372 g/mol. The van der Waals surface area contributed by atoms with E-state index in [0.29, 0.717) is 22.0 Å². The molecule has 1 aromatic heterocycles. The molecule has 0 saturated heterocycles. The van der Waals surface area contributed by atoms with Crippen LogP contribution in [0, 0.1) is 5.92 Å². The van der Waals surface area contributed by atoms with E-state index in [1.165, 1.54) is 18.4 Å². The smallest absolute Gasteiger partial charge is 0.337 e. The highest BCUT2D eigenvalue weighted by atomic mass is 32.1. The minimum absolute atomic E-state index is 0.0323. The van der Waals surface area contributed by atoms with Gasteiger partial charge in [0.25, 0.3) is 5.91 Å². The molecule has 1 aromatic carbocycles. The van der Waals surface area contributed by atoms with Gasteiger partial charge in [-0.1, -0.05) is 12.1 Å². The topological polar surface area (TPSA) is 75.7 Å². The van der Waals surface area contributed by atoms with Crippen LogP contribution >= 0.6 is 11.3 Å². The Morgan fingerprint density at radius 2 is 1.85 bits per heavy atom. The second-order valence-electron chi connectivity index (χ2n) is 6.28. The molecule has 0 radical (unpaired) electrons. The molecule has 1 fully saturated rings. The highest BCUT2D eigenvalue weighted by molar-refractivity contribution is 7.18. The zero-order valence-electron chi connectivity index (χ0n) is 14.7. The number of esters is 1. The van der Waals surface area contributed by atoms with Crippen LogP contribution in [-0.2, 0) is 16.1 Å². The lowest BCUT2D eigenvalue weighted by Gasteiger charge is -2.16. The quantitative estimate of drug-likeness (QED) is 0.791. The van der Waals surface area contributed by atoms with Gasteiger partial charge in [-0.15, -0.1) is 11.3 Å². The Labute approximate surface area is 155 Å². The monoisotopic (exact) mass is 372 g/mol. The van der Waals surface area contributed by atoms with Crippen molar-refractivity contribution in [3.8, 4) is 0 Å². The van der Waals surface area contributed by atoms with Crippen LogP contribution in [0.15, 0.2) is 36.4 Å².